The Balaban J connectivity index is 0.000000490. The molecule has 164 valence electrons. The van der Waals surface area contributed by atoms with E-state index in [2.05, 4.69) is 0 Å². The zero-order chi connectivity index (χ0) is 19.0. The summed E-state index contributed by atoms with van der Waals surface area (Å²) in [4.78, 5) is 0. The number of aromatic hydroxyl groups is 1. The number of hydrogen-bond donors (Lipinski definition) is 1. The van der Waals surface area contributed by atoms with Crippen LogP contribution in [0.25, 0.3) is 0 Å². The Morgan fingerprint density at radius 2 is 1.17 bits per heavy atom. The topological polar surface area (TPSA) is 66.4 Å². The lowest BCUT2D eigenvalue weighted by Gasteiger charge is -2.10. The standard InChI is InChI=1S/2C10H12O3.3CH4/c1-6-4-8(11-3)10-9(7(6)2)12-5-13-10;1-5-6(2)8(11)10-9(7(5)3)12-4-13-10;;;/h4H,5H2,1-3H3;11H,4H2,1-3H3;3*1H4. The molecule has 0 saturated heterocycles. The Bertz CT molecular complexity index is 823. The molecular formula is C23H36O6. The first-order valence-electron chi connectivity index (χ1n) is 8.38. The van der Waals surface area contributed by atoms with Crippen LogP contribution >= 0.6 is 0 Å². The van der Waals surface area contributed by atoms with E-state index in [0.29, 0.717) is 11.5 Å². The SMILES string of the molecule is C.C.C.COc1cc(C)c(C)c2c1OCO2.Cc1c(C)c(O)c2c(c1C)OCO2. The minimum Gasteiger partial charge on any atom is -0.504 e. The van der Waals surface area contributed by atoms with E-state index in [4.69, 9.17) is 23.7 Å². The molecule has 0 amide bonds. The third kappa shape index (κ3) is 4.47. The van der Waals surface area contributed by atoms with Crippen LogP contribution in [0.15, 0.2) is 6.07 Å². The van der Waals surface area contributed by atoms with E-state index in [0.717, 1.165) is 45.1 Å². The molecule has 0 spiro atoms. The Morgan fingerprint density at radius 1 is 0.690 bits per heavy atom. The maximum absolute atomic E-state index is 9.72. The molecule has 0 atom stereocenters. The summed E-state index contributed by atoms with van der Waals surface area (Å²) < 4.78 is 26.3. The molecule has 0 unspecified atom stereocenters. The van der Waals surface area contributed by atoms with Crippen molar-refractivity contribution in [3.8, 4) is 34.5 Å². The van der Waals surface area contributed by atoms with Gasteiger partial charge in [0.05, 0.1) is 7.11 Å². The fourth-order valence-corrected chi connectivity index (χ4v) is 2.97. The van der Waals surface area contributed by atoms with Crippen molar-refractivity contribution in [1.82, 2.24) is 0 Å². The Kier molecular flexibility index (Phi) is 9.18. The molecule has 2 aromatic carbocycles. The summed E-state index contributed by atoms with van der Waals surface area (Å²) in [5.74, 6) is 3.66. The van der Waals surface area contributed by atoms with E-state index in [1.165, 1.54) is 0 Å². The second-order valence-corrected chi connectivity index (χ2v) is 6.37. The molecule has 2 heterocycles. The summed E-state index contributed by atoms with van der Waals surface area (Å²) in [6.07, 6.45) is 0. The molecule has 0 fully saturated rings. The lowest BCUT2D eigenvalue weighted by Crippen LogP contribution is -1.94. The van der Waals surface area contributed by atoms with Crippen molar-refractivity contribution in [1.29, 1.82) is 0 Å². The average molecular weight is 409 g/mol. The predicted molar refractivity (Wildman–Crippen MR) is 117 cm³/mol. The fourth-order valence-electron chi connectivity index (χ4n) is 2.97. The minimum atomic E-state index is 0. The van der Waals surface area contributed by atoms with E-state index >= 15 is 0 Å². The summed E-state index contributed by atoms with van der Waals surface area (Å²) in [7, 11) is 1.63. The number of ether oxygens (including phenoxy) is 5. The predicted octanol–water partition coefficient (Wildman–Crippen LogP) is 6.00. The van der Waals surface area contributed by atoms with Crippen molar-refractivity contribution in [2.24, 2.45) is 0 Å². The van der Waals surface area contributed by atoms with Gasteiger partial charge in [0.2, 0.25) is 25.1 Å². The van der Waals surface area contributed by atoms with Gasteiger partial charge in [-0.1, -0.05) is 22.3 Å². The number of fused-ring (bicyclic) bond motifs is 2. The van der Waals surface area contributed by atoms with Gasteiger partial charge in [0, 0.05) is 0 Å². The van der Waals surface area contributed by atoms with Crippen molar-refractivity contribution < 1.29 is 28.8 Å². The highest BCUT2D eigenvalue weighted by Crippen LogP contribution is 2.46. The van der Waals surface area contributed by atoms with Crippen molar-refractivity contribution in [3.63, 3.8) is 0 Å². The van der Waals surface area contributed by atoms with Gasteiger partial charge in [0.25, 0.3) is 0 Å². The lowest BCUT2D eigenvalue weighted by atomic mass is 10.0. The van der Waals surface area contributed by atoms with E-state index < -0.39 is 0 Å². The highest BCUT2D eigenvalue weighted by molar-refractivity contribution is 5.63. The molecule has 6 heteroatoms. The van der Waals surface area contributed by atoms with Crippen molar-refractivity contribution >= 4 is 0 Å². The van der Waals surface area contributed by atoms with Gasteiger partial charge >= 0.3 is 0 Å². The smallest absolute Gasteiger partial charge is 0.231 e. The highest BCUT2D eigenvalue weighted by atomic mass is 16.7. The van der Waals surface area contributed by atoms with Crippen LogP contribution in [-0.4, -0.2) is 25.8 Å². The monoisotopic (exact) mass is 408 g/mol. The fraction of sp³-hybridized carbons (Fsp3) is 0.478. The van der Waals surface area contributed by atoms with Gasteiger partial charge in [0.1, 0.15) is 0 Å². The second kappa shape index (κ2) is 10.1. The van der Waals surface area contributed by atoms with E-state index in [1.54, 1.807) is 7.11 Å². The summed E-state index contributed by atoms with van der Waals surface area (Å²) in [5, 5.41) is 9.72. The molecule has 0 bridgehead atoms. The van der Waals surface area contributed by atoms with Gasteiger partial charge in [0.15, 0.2) is 23.0 Å². The van der Waals surface area contributed by atoms with Crippen LogP contribution in [0.1, 0.15) is 50.1 Å². The highest BCUT2D eigenvalue weighted by Gasteiger charge is 2.24. The van der Waals surface area contributed by atoms with Crippen LogP contribution in [0.5, 0.6) is 34.5 Å². The van der Waals surface area contributed by atoms with Gasteiger partial charge in [-0.2, -0.15) is 0 Å². The molecule has 2 aliphatic rings. The van der Waals surface area contributed by atoms with Crippen LogP contribution in [0.3, 0.4) is 0 Å². The molecule has 0 aromatic heterocycles. The first kappa shape index (κ1) is 26.2. The summed E-state index contributed by atoms with van der Waals surface area (Å²) >= 11 is 0. The molecule has 2 aliphatic heterocycles. The number of phenols is 1. The molecular weight excluding hydrogens is 372 g/mol. The van der Waals surface area contributed by atoms with Gasteiger partial charge in [-0.3, -0.25) is 0 Å². The number of hydrogen-bond acceptors (Lipinski definition) is 6. The lowest BCUT2D eigenvalue weighted by molar-refractivity contribution is 0.170. The molecule has 6 nitrogen and oxygen atoms in total. The van der Waals surface area contributed by atoms with Crippen molar-refractivity contribution in [3.05, 3.63) is 33.9 Å². The third-order valence-electron chi connectivity index (χ3n) is 4.98. The molecule has 0 radical (unpaired) electrons. The Morgan fingerprint density at radius 3 is 1.72 bits per heavy atom. The normalized spacial score (nSPS) is 11.9. The molecule has 4 rings (SSSR count). The van der Waals surface area contributed by atoms with Crippen molar-refractivity contribution in [2.45, 2.75) is 56.9 Å². The third-order valence-corrected chi connectivity index (χ3v) is 4.98. The van der Waals surface area contributed by atoms with Gasteiger partial charge in [-0.25, -0.2) is 0 Å². The zero-order valence-corrected chi connectivity index (χ0v) is 16.0. The number of rotatable bonds is 1. The van der Waals surface area contributed by atoms with Crippen molar-refractivity contribution in [2.75, 3.05) is 20.7 Å². The van der Waals surface area contributed by atoms with Crippen LogP contribution in [0.2, 0.25) is 0 Å². The minimum absolute atomic E-state index is 0. The molecule has 2 aromatic rings. The zero-order valence-electron chi connectivity index (χ0n) is 16.0. The van der Waals surface area contributed by atoms with E-state index in [9.17, 15) is 5.11 Å². The average Bonchev–Trinajstić information content (AvgIpc) is 3.31. The first-order chi connectivity index (χ1) is 12.4. The summed E-state index contributed by atoms with van der Waals surface area (Å²) in [6, 6.07) is 1.96. The second-order valence-electron chi connectivity index (χ2n) is 6.37. The van der Waals surface area contributed by atoms with Gasteiger partial charge in [-0.05, 0) is 68.5 Å². The molecule has 0 saturated carbocycles. The summed E-state index contributed by atoms with van der Waals surface area (Å²) in [5.41, 5.74) is 5.24. The number of phenolic OH excluding ortho intramolecular Hbond substituents is 1. The quantitative estimate of drug-likeness (QED) is 0.625. The Labute approximate surface area is 175 Å². The van der Waals surface area contributed by atoms with Crippen LogP contribution in [0, 0.1) is 34.6 Å². The number of benzene rings is 2. The number of methoxy groups -OCH3 is 1. The van der Waals surface area contributed by atoms with Gasteiger partial charge in [-0.15, -0.1) is 0 Å². The number of aryl methyl sites for hydroxylation is 1. The van der Waals surface area contributed by atoms with E-state index in [1.807, 2.05) is 40.7 Å². The maximum atomic E-state index is 9.72. The summed E-state index contributed by atoms with van der Waals surface area (Å²) in [6.45, 7) is 10.3. The van der Waals surface area contributed by atoms with Crippen LogP contribution in [0.4, 0.5) is 0 Å². The van der Waals surface area contributed by atoms with Crippen LogP contribution < -0.4 is 23.7 Å². The molecule has 0 aliphatic carbocycles. The molecule has 29 heavy (non-hydrogen) atoms. The largest absolute Gasteiger partial charge is 0.504 e. The van der Waals surface area contributed by atoms with Gasteiger partial charge < -0.3 is 28.8 Å². The Hall–Kier alpha value is -2.76. The molecule has 1 N–H and O–H groups in total. The maximum Gasteiger partial charge on any atom is 0.231 e. The first-order valence-corrected chi connectivity index (χ1v) is 8.38. The van der Waals surface area contributed by atoms with Crippen LogP contribution in [-0.2, 0) is 0 Å². The van der Waals surface area contributed by atoms with E-state index in [-0.39, 0.29) is 41.6 Å².